The molecule has 0 aliphatic heterocycles. The lowest BCUT2D eigenvalue weighted by Crippen LogP contribution is -2.48. The largest absolute Gasteiger partial charge is 0.392 e. The zero-order valence-electron chi connectivity index (χ0n) is 11.3. The highest BCUT2D eigenvalue weighted by atomic mass is 19.4. The molecule has 3 N–H and O–H groups in total. The summed E-state index contributed by atoms with van der Waals surface area (Å²) in [4.78, 5) is 0. The molecule has 5 heteroatoms. The molecule has 1 aliphatic rings. The van der Waals surface area contributed by atoms with Crippen molar-refractivity contribution in [2.24, 2.45) is 23.6 Å². The maximum absolute atomic E-state index is 13.0. The molecule has 0 amide bonds. The SMILES string of the molecule is CCC(C)CC(NN)C1CCCCC1C(F)(F)F. The minimum atomic E-state index is -4.09. The summed E-state index contributed by atoms with van der Waals surface area (Å²) in [6, 6.07) is -0.216. The molecule has 18 heavy (non-hydrogen) atoms. The Bertz CT molecular complexity index is 243. The molecule has 1 saturated carbocycles. The van der Waals surface area contributed by atoms with Gasteiger partial charge in [0, 0.05) is 6.04 Å². The van der Waals surface area contributed by atoms with Crippen molar-refractivity contribution in [3.63, 3.8) is 0 Å². The number of rotatable bonds is 5. The van der Waals surface area contributed by atoms with E-state index in [4.69, 9.17) is 5.84 Å². The highest BCUT2D eigenvalue weighted by molar-refractivity contribution is 4.88. The van der Waals surface area contributed by atoms with Crippen LogP contribution in [0.4, 0.5) is 13.2 Å². The van der Waals surface area contributed by atoms with E-state index in [0.29, 0.717) is 18.8 Å². The van der Waals surface area contributed by atoms with E-state index in [0.717, 1.165) is 19.3 Å². The van der Waals surface area contributed by atoms with Gasteiger partial charge in [-0.25, -0.2) is 0 Å². The van der Waals surface area contributed by atoms with Crippen molar-refractivity contribution in [3.8, 4) is 0 Å². The molecule has 1 fully saturated rings. The number of hydrazine groups is 1. The summed E-state index contributed by atoms with van der Waals surface area (Å²) in [6.45, 7) is 4.12. The second-order valence-electron chi connectivity index (χ2n) is 5.62. The molecule has 0 aromatic heterocycles. The summed E-state index contributed by atoms with van der Waals surface area (Å²) in [7, 11) is 0. The monoisotopic (exact) mass is 266 g/mol. The van der Waals surface area contributed by atoms with E-state index in [2.05, 4.69) is 19.3 Å². The fourth-order valence-corrected chi connectivity index (χ4v) is 3.01. The van der Waals surface area contributed by atoms with E-state index in [9.17, 15) is 13.2 Å². The third kappa shape index (κ3) is 4.12. The average molecular weight is 266 g/mol. The minimum absolute atomic E-state index is 0.216. The van der Waals surface area contributed by atoms with Gasteiger partial charge in [0.25, 0.3) is 0 Å². The normalized spacial score (nSPS) is 29.0. The second-order valence-corrected chi connectivity index (χ2v) is 5.62. The van der Waals surface area contributed by atoms with E-state index >= 15 is 0 Å². The van der Waals surface area contributed by atoms with Crippen LogP contribution in [-0.4, -0.2) is 12.2 Å². The molecular formula is C13H25F3N2. The van der Waals surface area contributed by atoms with E-state index in [1.807, 2.05) is 0 Å². The van der Waals surface area contributed by atoms with Gasteiger partial charge in [-0.1, -0.05) is 33.1 Å². The van der Waals surface area contributed by atoms with Crippen molar-refractivity contribution in [2.45, 2.75) is 64.6 Å². The van der Waals surface area contributed by atoms with Crippen LogP contribution in [0.2, 0.25) is 0 Å². The fourth-order valence-electron chi connectivity index (χ4n) is 3.01. The quantitative estimate of drug-likeness (QED) is 0.589. The molecule has 0 aromatic rings. The van der Waals surface area contributed by atoms with Crippen molar-refractivity contribution >= 4 is 0 Å². The van der Waals surface area contributed by atoms with Gasteiger partial charge in [0.05, 0.1) is 5.92 Å². The van der Waals surface area contributed by atoms with Gasteiger partial charge < -0.3 is 0 Å². The Morgan fingerprint density at radius 3 is 2.39 bits per heavy atom. The Labute approximate surface area is 107 Å². The number of hydrogen-bond donors (Lipinski definition) is 2. The third-order valence-corrected chi connectivity index (χ3v) is 4.32. The maximum Gasteiger partial charge on any atom is 0.392 e. The van der Waals surface area contributed by atoms with E-state index in [1.165, 1.54) is 0 Å². The van der Waals surface area contributed by atoms with Gasteiger partial charge in [-0.3, -0.25) is 11.3 Å². The molecule has 0 heterocycles. The minimum Gasteiger partial charge on any atom is -0.271 e. The van der Waals surface area contributed by atoms with Gasteiger partial charge in [-0.15, -0.1) is 0 Å². The van der Waals surface area contributed by atoms with Crippen molar-refractivity contribution in [3.05, 3.63) is 0 Å². The lowest BCUT2D eigenvalue weighted by Gasteiger charge is -2.38. The fraction of sp³-hybridized carbons (Fsp3) is 1.00. The van der Waals surface area contributed by atoms with Gasteiger partial charge in [-0.2, -0.15) is 13.2 Å². The van der Waals surface area contributed by atoms with Crippen LogP contribution in [0, 0.1) is 17.8 Å². The molecule has 4 atom stereocenters. The smallest absolute Gasteiger partial charge is 0.271 e. The van der Waals surface area contributed by atoms with Crippen LogP contribution in [0.15, 0.2) is 0 Å². The molecular weight excluding hydrogens is 241 g/mol. The van der Waals surface area contributed by atoms with Crippen LogP contribution in [0.5, 0.6) is 0 Å². The Balaban J connectivity index is 2.74. The standard InChI is InChI=1S/C13H25F3N2/c1-3-9(2)8-12(18-17)10-6-4-5-7-11(10)13(14,15)16/h9-12,18H,3-8,17H2,1-2H3. The number of nitrogens with one attached hydrogen (secondary N) is 1. The predicted octanol–water partition coefficient (Wildman–Crippen LogP) is 3.62. The van der Waals surface area contributed by atoms with Crippen LogP contribution in [0.25, 0.3) is 0 Å². The molecule has 108 valence electrons. The van der Waals surface area contributed by atoms with Crippen LogP contribution in [-0.2, 0) is 0 Å². The summed E-state index contributed by atoms with van der Waals surface area (Å²) in [5.41, 5.74) is 2.64. The van der Waals surface area contributed by atoms with Gasteiger partial charge in [-0.05, 0) is 31.1 Å². The first-order valence-corrected chi connectivity index (χ1v) is 6.93. The van der Waals surface area contributed by atoms with Crippen LogP contribution >= 0.6 is 0 Å². The predicted molar refractivity (Wildman–Crippen MR) is 66.7 cm³/mol. The zero-order valence-corrected chi connectivity index (χ0v) is 11.3. The molecule has 0 bridgehead atoms. The number of alkyl halides is 3. The Morgan fingerprint density at radius 2 is 1.89 bits per heavy atom. The first kappa shape index (κ1) is 15.8. The van der Waals surface area contributed by atoms with Gasteiger partial charge in [0.1, 0.15) is 0 Å². The number of nitrogens with two attached hydrogens (primary N) is 1. The van der Waals surface area contributed by atoms with E-state index in [1.54, 1.807) is 0 Å². The topological polar surface area (TPSA) is 38.0 Å². The molecule has 4 unspecified atom stereocenters. The average Bonchev–Trinajstić information content (AvgIpc) is 2.34. The maximum atomic E-state index is 13.0. The zero-order chi connectivity index (χ0) is 13.8. The Morgan fingerprint density at radius 1 is 1.28 bits per heavy atom. The summed E-state index contributed by atoms with van der Waals surface area (Å²) in [5, 5.41) is 0. The van der Waals surface area contributed by atoms with Crippen LogP contribution in [0.1, 0.15) is 52.4 Å². The first-order chi connectivity index (χ1) is 8.40. The molecule has 1 rings (SSSR count). The van der Waals surface area contributed by atoms with Crippen LogP contribution in [0.3, 0.4) is 0 Å². The molecule has 0 radical (unpaired) electrons. The van der Waals surface area contributed by atoms with E-state index < -0.39 is 12.1 Å². The Kier molecular flexibility index (Phi) is 5.92. The van der Waals surface area contributed by atoms with Crippen molar-refractivity contribution < 1.29 is 13.2 Å². The molecule has 0 spiro atoms. The number of halogens is 3. The van der Waals surface area contributed by atoms with Crippen molar-refractivity contribution in [2.75, 3.05) is 0 Å². The molecule has 0 saturated heterocycles. The first-order valence-electron chi connectivity index (χ1n) is 6.93. The summed E-state index contributed by atoms with van der Waals surface area (Å²) in [6.07, 6.45) is 0.0705. The third-order valence-electron chi connectivity index (χ3n) is 4.32. The highest BCUT2D eigenvalue weighted by Crippen LogP contribution is 2.43. The summed E-state index contributed by atoms with van der Waals surface area (Å²) < 4.78 is 39.1. The second kappa shape index (κ2) is 6.75. The van der Waals surface area contributed by atoms with Gasteiger partial charge >= 0.3 is 6.18 Å². The van der Waals surface area contributed by atoms with Gasteiger partial charge in [0.15, 0.2) is 0 Å². The van der Waals surface area contributed by atoms with E-state index in [-0.39, 0.29) is 18.4 Å². The highest BCUT2D eigenvalue weighted by Gasteiger charge is 2.47. The molecule has 1 aliphatic carbocycles. The Hall–Kier alpha value is -0.290. The number of hydrogen-bond acceptors (Lipinski definition) is 2. The molecule has 2 nitrogen and oxygen atoms in total. The van der Waals surface area contributed by atoms with Crippen molar-refractivity contribution in [1.82, 2.24) is 5.43 Å². The van der Waals surface area contributed by atoms with Gasteiger partial charge in [0.2, 0.25) is 0 Å². The lowest BCUT2D eigenvalue weighted by molar-refractivity contribution is -0.199. The lowest BCUT2D eigenvalue weighted by atomic mass is 9.73. The summed E-state index contributed by atoms with van der Waals surface area (Å²) >= 11 is 0. The summed E-state index contributed by atoms with van der Waals surface area (Å²) in [5.74, 6) is 4.35. The van der Waals surface area contributed by atoms with Crippen molar-refractivity contribution in [1.29, 1.82) is 0 Å². The van der Waals surface area contributed by atoms with Crippen LogP contribution < -0.4 is 11.3 Å². The molecule has 0 aromatic carbocycles.